The molecule has 0 bridgehead atoms. The number of aliphatic carboxylic acids is 1. The molecule has 0 aromatic carbocycles. The zero-order valence-corrected chi connectivity index (χ0v) is 11.7. The van der Waals surface area contributed by atoms with Crippen molar-refractivity contribution in [1.82, 2.24) is 4.90 Å². The number of carboxylic acid groups (broad SMARTS) is 1. The maximum atomic E-state index is 11.8. The molecule has 0 aliphatic heterocycles. The van der Waals surface area contributed by atoms with Crippen LogP contribution in [0.3, 0.4) is 0 Å². The molecule has 1 fully saturated rings. The number of carbonyl (C=O) groups is 1. The predicted octanol–water partition coefficient (Wildman–Crippen LogP) is 3.14. The van der Waals surface area contributed by atoms with Crippen LogP contribution in [0.5, 0.6) is 0 Å². The Balaban J connectivity index is 2.99. The Morgan fingerprint density at radius 3 is 2.59 bits per heavy atom. The maximum absolute atomic E-state index is 11.8. The van der Waals surface area contributed by atoms with Crippen LogP contribution in [-0.4, -0.2) is 34.1 Å². The second kappa shape index (κ2) is 5.85. The van der Waals surface area contributed by atoms with Gasteiger partial charge in [-0.3, -0.25) is 9.69 Å². The molecule has 2 atom stereocenters. The first-order chi connectivity index (χ1) is 7.94. The summed E-state index contributed by atoms with van der Waals surface area (Å²) in [5, 5.41) is 9.71. The molecule has 1 rings (SSSR count). The topological polar surface area (TPSA) is 40.5 Å². The lowest BCUT2D eigenvalue weighted by Crippen LogP contribution is -2.59. The Morgan fingerprint density at radius 2 is 2.18 bits per heavy atom. The number of hydrogen-bond acceptors (Lipinski definition) is 2. The van der Waals surface area contributed by atoms with Gasteiger partial charge in [-0.2, -0.15) is 0 Å². The molecule has 1 saturated carbocycles. The predicted molar refractivity (Wildman–Crippen MR) is 70.1 cm³/mol. The lowest BCUT2D eigenvalue weighted by Gasteiger charge is -2.47. The zero-order chi connectivity index (χ0) is 13.1. The average molecular weight is 241 g/mol. The van der Waals surface area contributed by atoms with Crippen LogP contribution in [0.1, 0.15) is 59.8 Å². The van der Waals surface area contributed by atoms with Gasteiger partial charge in [0.1, 0.15) is 5.54 Å². The number of rotatable bonds is 5. The van der Waals surface area contributed by atoms with Crippen LogP contribution in [0.25, 0.3) is 0 Å². The van der Waals surface area contributed by atoms with Crippen molar-refractivity contribution in [3.05, 3.63) is 0 Å². The van der Waals surface area contributed by atoms with Gasteiger partial charge in [-0.05, 0) is 45.6 Å². The van der Waals surface area contributed by atoms with E-state index in [2.05, 4.69) is 32.6 Å². The van der Waals surface area contributed by atoms with Crippen LogP contribution in [0.4, 0.5) is 0 Å². The number of nitrogens with zero attached hydrogens (tertiary/aromatic N) is 1. The van der Waals surface area contributed by atoms with Crippen LogP contribution in [0, 0.1) is 5.92 Å². The van der Waals surface area contributed by atoms with Crippen molar-refractivity contribution in [3.8, 4) is 0 Å². The molecule has 3 nitrogen and oxygen atoms in total. The van der Waals surface area contributed by atoms with Gasteiger partial charge in [0.2, 0.25) is 0 Å². The fourth-order valence-corrected chi connectivity index (χ4v) is 3.31. The highest BCUT2D eigenvalue weighted by atomic mass is 16.4. The van der Waals surface area contributed by atoms with Crippen molar-refractivity contribution < 1.29 is 9.90 Å². The zero-order valence-electron chi connectivity index (χ0n) is 11.7. The second-order valence-corrected chi connectivity index (χ2v) is 5.83. The SMILES string of the molecule is CCCN(C(C)C)C1(C(=O)O)CCCC(C)C1. The maximum Gasteiger partial charge on any atom is 0.324 e. The summed E-state index contributed by atoms with van der Waals surface area (Å²) in [7, 11) is 0. The van der Waals surface area contributed by atoms with E-state index in [4.69, 9.17) is 0 Å². The Morgan fingerprint density at radius 1 is 1.53 bits per heavy atom. The van der Waals surface area contributed by atoms with E-state index in [0.717, 1.165) is 32.2 Å². The standard InChI is InChI=1S/C14H27NO2/c1-5-9-15(11(2)3)14(13(16)17)8-6-7-12(4)10-14/h11-12H,5-10H2,1-4H3,(H,16,17). The van der Waals surface area contributed by atoms with E-state index < -0.39 is 11.5 Å². The Kier molecular flexibility index (Phi) is 4.99. The van der Waals surface area contributed by atoms with Crippen molar-refractivity contribution in [3.63, 3.8) is 0 Å². The van der Waals surface area contributed by atoms with Crippen LogP contribution < -0.4 is 0 Å². The molecule has 0 saturated heterocycles. The molecule has 0 amide bonds. The fraction of sp³-hybridized carbons (Fsp3) is 0.929. The van der Waals surface area contributed by atoms with E-state index in [1.54, 1.807) is 0 Å². The highest BCUT2D eigenvalue weighted by molar-refractivity contribution is 5.79. The van der Waals surface area contributed by atoms with E-state index in [0.29, 0.717) is 12.0 Å². The van der Waals surface area contributed by atoms with Crippen LogP contribution in [0.2, 0.25) is 0 Å². The van der Waals surface area contributed by atoms with Gasteiger partial charge in [-0.25, -0.2) is 0 Å². The van der Waals surface area contributed by atoms with Crippen molar-refractivity contribution in [2.75, 3.05) is 6.54 Å². The summed E-state index contributed by atoms with van der Waals surface area (Å²) in [6.45, 7) is 9.41. The third kappa shape index (κ3) is 3.01. The Labute approximate surface area is 105 Å². The lowest BCUT2D eigenvalue weighted by atomic mass is 9.74. The van der Waals surface area contributed by atoms with E-state index in [-0.39, 0.29) is 0 Å². The minimum Gasteiger partial charge on any atom is -0.480 e. The largest absolute Gasteiger partial charge is 0.480 e. The van der Waals surface area contributed by atoms with Crippen molar-refractivity contribution in [1.29, 1.82) is 0 Å². The molecule has 100 valence electrons. The summed E-state index contributed by atoms with van der Waals surface area (Å²) in [4.78, 5) is 14.0. The van der Waals surface area contributed by atoms with Crippen molar-refractivity contribution >= 4 is 5.97 Å². The smallest absolute Gasteiger partial charge is 0.324 e. The minimum absolute atomic E-state index is 0.302. The summed E-state index contributed by atoms with van der Waals surface area (Å²) < 4.78 is 0. The normalized spacial score (nSPS) is 29.9. The third-order valence-corrected chi connectivity index (χ3v) is 4.01. The fourth-order valence-electron chi connectivity index (χ4n) is 3.31. The number of hydrogen-bond donors (Lipinski definition) is 1. The van der Waals surface area contributed by atoms with Gasteiger partial charge in [0, 0.05) is 6.04 Å². The molecule has 3 heteroatoms. The van der Waals surface area contributed by atoms with Crippen molar-refractivity contribution in [2.45, 2.75) is 71.4 Å². The molecule has 0 aromatic heterocycles. The molecule has 0 heterocycles. The average Bonchev–Trinajstić information content (AvgIpc) is 2.25. The highest BCUT2D eigenvalue weighted by Gasteiger charge is 2.47. The molecule has 2 unspecified atom stereocenters. The molecular formula is C14H27NO2. The molecule has 0 aromatic rings. The lowest BCUT2D eigenvalue weighted by molar-refractivity contribution is -0.157. The highest BCUT2D eigenvalue weighted by Crippen LogP contribution is 2.38. The summed E-state index contributed by atoms with van der Waals surface area (Å²) in [5.74, 6) is -0.0934. The molecule has 0 spiro atoms. The Bertz CT molecular complexity index is 265. The third-order valence-electron chi connectivity index (χ3n) is 4.01. The summed E-state index contributed by atoms with van der Waals surface area (Å²) in [5.41, 5.74) is -0.609. The first-order valence-corrected chi connectivity index (χ1v) is 6.94. The number of carboxylic acids is 1. The molecular weight excluding hydrogens is 214 g/mol. The summed E-state index contributed by atoms with van der Waals surface area (Å²) in [6.07, 6.45) is 4.85. The summed E-state index contributed by atoms with van der Waals surface area (Å²) >= 11 is 0. The first-order valence-electron chi connectivity index (χ1n) is 6.94. The van der Waals surface area contributed by atoms with E-state index in [1.165, 1.54) is 6.42 Å². The van der Waals surface area contributed by atoms with Gasteiger partial charge < -0.3 is 5.11 Å². The van der Waals surface area contributed by atoms with E-state index in [1.807, 2.05) is 0 Å². The van der Waals surface area contributed by atoms with Gasteiger partial charge >= 0.3 is 5.97 Å². The van der Waals surface area contributed by atoms with Crippen LogP contribution in [-0.2, 0) is 4.79 Å². The van der Waals surface area contributed by atoms with Crippen LogP contribution >= 0.6 is 0 Å². The van der Waals surface area contributed by atoms with Gasteiger partial charge in [0.15, 0.2) is 0 Å². The first kappa shape index (κ1) is 14.5. The molecule has 1 N–H and O–H groups in total. The monoisotopic (exact) mass is 241 g/mol. The minimum atomic E-state index is -0.619. The van der Waals surface area contributed by atoms with E-state index >= 15 is 0 Å². The van der Waals surface area contributed by atoms with Crippen LogP contribution in [0.15, 0.2) is 0 Å². The summed E-state index contributed by atoms with van der Waals surface area (Å²) in [6, 6.07) is 0.302. The Hall–Kier alpha value is -0.570. The van der Waals surface area contributed by atoms with Gasteiger partial charge in [-0.1, -0.05) is 26.7 Å². The molecule has 0 radical (unpaired) electrons. The van der Waals surface area contributed by atoms with Gasteiger partial charge in [0.05, 0.1) is 0 Å². The van der Waals surface area contributed by atoms with Gasteiger partial charge in [-0.15, -0.1) is 0 Å². The molecule has 17 heavy (non-hydrogen) atoms. The quantitative estimate of drug-likeness (QED) is 0.804. The van der Waals surface area contributed by atoms with E-state index in [9.17, 15) is 9.90 Å². The second-order valence-electron chi connectivity index (χ2n) is 5.83. The van der Waals surface area contributed by atoms with Gasteiger partial charge in [0.25, 0.3) is 0 Å². The molecule has 1 aliphatic rings. The molecule has 1 aliphatic carbocycles. The van der Waals surface area contributed by atoms with Crippen molar-refractivity contribution in [2.24, 2.45) is 5.92 Å².